The molecule has 4 nitrogen and oxygen atoms in total. The van der Waals surface area contributed by atoms with Crippen LogP contribution in [0.5, 0.6) is 0 Å². The van der Waals surface area contributed by atoms with Crippen LogP contribution in [0.4, 0.5) is 0 Å². The molecule has 1 aliphatic carbocycles. The van der Waals surface area contributed by atoms with Crippen molar-refractivity contribution in [1.82, 2.24) is 10.3 Å². The standard InChI is InChI=1S/C12H19N3OS/c1-2-9(10-14-6-7-17-10)15-11(16)12(8-13)4-3-5-12/h6-7,9H,2-5,8,13H2,1H3,(H,15,16). The van der Waals surface area contributed by atoms with Gasteiger partial charge in [-0.05, 0) is 19.3 Å². The molecule has 0 bridgehead atoms. The van der Waals surface area contributed by atoms with Crippen molar-refractivity contribution in [2.24, 2.45) is 11.1 Å². The first-order valence-electron chi connectivity index (χ1n) is 6.12. The zero-order chi connectivity index (χ0) is 12.3. The summed E-state index contributed by atoms with van der Waals surface area (Å²) in [6.07, 6.45) is 5.59. The van der Waals surface area contributed by atoms with Gasteiger partial charge >= 0.3 is 0 Å². The lowest BCUT2D eigenvalue weighted by atomic mass is 9.68. The van der Waals surface area contributed by atoms with Gasteiger partial charge in [-0.15, -0.1) is 11.3 Å². The smallest absolute Gasteiger partial charge is 0.228 e. The highest BCUT2D eigenvalue weighted by Gasteiger charge is 2.43. The van der Waals surface area contributed by atoms with Crippen molar-refractivity contribution in [1.29, 1.82) is 0 Å². The quantitative estimate of drug-likeness (QED) is 0.841. The van der Waals surface area contributed by atoms with Gasteiger partial charge in [0.25, 0.3) is 0 Å². The Morgan fingerprint density at radius 1 is 1.71 bits per heavy atom. The van der Waals surface area contributed by atoms with E-state index in [4.69, 9.17) is 5.73 Å². The number of hydrogen-bond acceptors (Lipinski definition) is 4. The predicted molar refractivity (Wildman–Crippen MR) is 68.6 cm³/mol. The van der Waals surface area contributed by atoms with E-state index in [1.165, 1.54) is 0 Å². The van der Waals surface area contributed by atoms with E-state index in [1.54, 1.807) is 17.5 Å². The SMILES string of the molecule is CCC(NC(=O)C1(CN)CCC1)c1nccs1. The topological polar surface area (TPSA) is 68.0 Å². The van der Waals surface area contributed by atoms with Gasteiger partial charge in [-0.25, -0.2) is 4.98 Å². The second-order valence-corrected chi connectivity index (χ2v) is 5.57. The third-order valence-corrected chi connectivity index (χ3v) is 4.54. The predicted octanol–water partition coefficient (Wildman–Crippen LogP) is 1.84. The molecular formula is C12H19N3OS. The molecule has 1 fully saturated rings. The highest BCUT2D eigenvalue weighted by atomic mass is 32.1. The molecule has 0 aromatic carbocycles. The van der Waals surface area contributed by atoms with E-state index < -0.39 is 0 Å². The molecule has 0 spiro atoms. The lowest BCUT2D eigenvalue weighted by molar-refractivity contribution is -0.136. The van der Waals surface area contributed by atoms with E-state index in [1.807, 2.05) is 5.38 Å². The number of rotatable bonds is 5. The molecule has 0 aliphatic heterocycles. The molecule has 1 aliphatic rings. The van der Waals surface area contributed by atoms with Crippen molar-refractivity contribution in [2.75, 3.05) is 6.54 Å². The number of carbonyl (C=O) groups is 1. The maximum absolute atomic E-state index is 12.2. The van der Waals surface area contributed by atoms with Gasteiger partial charge < -0.3 is 11.1 Å². The van der Waals surface area contributed by atoms with Gasteiger partial charge in [0.2, 0.25) is 5.91 Å². The molecule has 0 saturated heterocycles. The minimum Gasteiger partial charge on any atom is -0.346 e. The third kappa shape index (κ3) is 2.35. The minimum absolute atomic E-state index is 0.0338. The van der Waals surface area contributed by atoms with Crippen LogP contribution in [0.25, 0.3) is 0 Å². The fourth-order valence-electron chi connectivity index (χ4n) is 2.18. The lowest BCUT2D eigenvalue weighted by Crippen LogP contribution is -2.51. The van der Waals surface area contributed by atoms with E-state index in [2.05, 4.69) is 17.2 Å². The summed E-state index contributed by atoms with van der Waals surface area (Å²) in [4.78, 5) is 16.5. The van der Waals surface area contributed by atoms with Gasteiger partial charge in [-0.2, -0.15) is 0 Å². The lowest BCUT2D eigenvalue weighted by Gasteiger charge is -2.39. The van der Waals surface area contributed by atoms with Crippen molar-refractivity contribution < 1.29 is 4.79 Å². The normalized spacial score (nSPS) is 19.4. The van der Waals surface area contributed by atoms with E-state index in [-0.39, 0.29) is 17.4 Å². The number of nitrogens with two attached hydrogens (primary N) is 1. The number of carbonyl (C=O) groups excluding carboxylic acids is 1. The first kappa shape index (κ1) is 12.5. The average molecular weight is 253 g/mol. The molecule has 3 N–H and O–H groups in total. The van der Waals surface area contributed by atoms with Crippen LogP contribution in [0.1, 0.15) is 43.7 Å². The molecule has 94 valence electrons. The van der Waals surface area contributed by atoms with Crippen LogP contribution >= 0.6 is 11.3 Å². The van der Waals surface area contributed by atoms with Crippen LogP contribution in [-0.2, 0) is 4.79 Å². The number of nitrogens with zero attached hydrogens (tertiary/aromatic N) is 1. The fourth-order valence-corrected chi connectivity index (χ4v) is 2.96. The van der Waals surface area contributed by atoms with Gasteiger partial charge in [-0.3, -0.25) is 4.79 Å². The van der Waals surface area contributed by atoms with Crippen molar-refractivity contribution in [3.63, 3.8) is 0 Å². The Labute approximate surface area is 106 Å². The summed E-state index contributed by atoms with van der Waals surface area (Å²) in [7, 11) is 0. The molecule has 1 amide bonds. The number of thiazole rings is 1. The Morgan fingerprint density at radius 2 is 2.47 bits per heavy atom. The highest BCUT2D eigenvalue weighted by Crippen LogP contribution is 2.40. The molecule has 1 aromatic rings. The Kier molecular flexibility index (Phi) is 3.79. The molecule has 1 heterocycles. The molecule has 1 aromatic heterocycles. The van der Waals surface area contributed by atoms with Gasteiger partial charge in [0.05, 0.1) is 11.5 Å². The van der Waals surface area contributed by atoms with Crippen molar-refractivity contribution in [2.45, 2.75) is 38.6 Å². The van der Waals surface area contributed by atoms with Crippen molar-refractivity contribution in [3.05, 3.63) is 16.6 Å². The Bertz CT molecular complexity index is 368. The Morgan fingerprint density at radius 3 is 2.88 bits per heavy atom. The first-order valence-corrected chi connectivity index (χ1v) is 7.00. The van der Waals surface area contributed by atoms with Crippen LogP contribution in [0.3, 0.4) is 0 Å². The first-order chi connectivity index (χ1) is 8.22. The highest BCUT2D eigenvalue weighted by molar-refractivity contribution is 7.09. The zero-order valence-electron chi connectivity index (χ0n) is 10.1. The summed E-state index contributed by atoms with van der Waals surface area (Å²) in [6, 6.07) is 0.0338. The van der Waals surface area contributed by atoms with Crippen LogP contribution in [0.2, 0.25) is 0 Å². The van der Waals surface area contributed by atoms with Crippen LogP contribution in [0, 0.1) is 5.41 Å². The Balaban J connectivity index is 2.02. The summed E-state index contributed by atoms with van der Waals surface area (Å²) in [5, 5.41) is 6.01. The van der Waals surface area contributed by atoms with Gasteiger partial charge in [0.15, 0.2) is 0 Å². The summed E-state index contributed by atoms with van der Waals surface area (Å²) >= 11 is 1.58. The van der Waals surface area contributed by atoms with Crippen LogP contribution < -0.4 is 11.1 Å². The van der Waals surface area contributed by atoms with Gasteiger partial charge in [0, 0.05) is 18.1 Å². The van der Waals surface area contributed by atoms with E-state index >= 15 is 0 Å². The largest absolute Gasteiger partial charge is 0.346 e. The summed E-state index contributed by atoms with van der Waals surface area (Å²) in [5.74, 6) is 0.105. The maximum Gasteiger partial charge on any atom is 0.228 e. The van der Waals surface area contributed by atoms with Crippen LogP contribution in [-0.4, -0.2) is 17.4 Å². The molecule has 1 unspecified atom stereocenters. The molecule has 1 atom stereocenters. The third-order valence-electron chi connectivity index (χ3n) is 3.65. The second kappa shape index (κ2) is 5.14. The summed E-state index contributed by atoms with van der Waals surface area (Å²) in [6.45, 7) is 2.51. The number of hydrogen-bond donors (Lipinski definition) is 2. The van der Waals surface area contributed by atoms with Gasteiger partial charge in [-0.1, -0.05) is 13.3 Å². The number of amides is 1. The molecule has 1 saturated carbocycles. The zero-order valence-corrected chi connectivity index (χ0v) is 10.9. The monoisotopic (exact) mass is 253 g/mol. The summed E-state index contributed by atoms with van der Waals surface area (Å²) < 4.78 is 0. The Hall–Kier alpha value is -0.940. The average Bonchev–Trinajstić information content (AvgIpc) is 2.78. The maximum atomic E-state index is 12.2. The number of nitrogens with one attached hydrogen (secondary N) is 1. The minimum atomic E-state index is -0.301. The summed E-state index contributed by atoms with van der Waals surface area (Å²) in [5.41, 5.74) is 5.43. The van der Waals surface area contributed by atoms with Crippen molar-refractivity contribution in [3.8, 4) is 0 Å². The van der Waals surface area contributed by atoms with Crippen molar-refractivity contribution >= 4 is 17.2 Å². The molecular weight excluding hydrogens is 234 g/mol. The molecule has 5 heteroatoms. The second-order valence-electron chi connectivity index (χ2n) is 4.64. The van der Waals surface area contributed by atoms with Gasteiger partial charge in [0.1, 0.15) is 5.01 Å². The molecule has 17 heavy (non-hydrogen) atoms. The molecule has 0 radical (unpaired) electrons. The fraction of sp³-hybridized carbons (Fsp3) is 0.667. The number of aromatic nitrogens is 1. The van der Waals surface area contributed by atoms with Crippen LogP contribution in [0.15, 0.2) is 11.6 Å². The van der Waals surface area contributed by atoms with E-state index in [9.17, 15) is 4.79 Å². The van der Waals surface area contributed by atoms with E-state index in [0.717, 1.165) is 30.7 Å². The van der Waals surface area contributed by atoms with E-state index in [0.29, 0.717) is 6.54 Å². The molecule has 2 rings (SSSR count).